The molecule has 31 heavy (non-hydrogen) atoms. The summed E-state index contributed by atoms with van der Waals surface area (Å²) in [6, 6.07) is 3.20. The van der Waals surface area contributed by atoms with Crippen LogP contribution in [0.1, 0.15) is 50.6 Å². The predicted molar refractivity (Wildman–Crippen MR) is 122 cm³/mol. The summed E-state index contributed by atoms with van der Waals surface area (Å²) in [4.78, 5) is 15.1. The SMILES string of the molecule is Cc1c(N2CC[C@@H]([C@H](C)N)C2)c(F)cc2c(OCCCC(=N)N)cc(=O)n(C3CC3)c12. The summed E-state index contributed by atoms with van der Waals surface area (Å²) in [5.74, 6) is 0.518. The van der Waals surface area contributed by atoms with Crippen LogP contribution >= 0.6 is 0 Å². The van der Waals surface area contributed by atoms with E-state index in [1.165, 1.54) is 12.1 Å². The first kappa shape index (κ1) is 21.6. The molecule has 0 spiro atoms. The number of anilines is 1. The highest BCUT2D eigenvalue weighted by Crippen LogP contribution is 2.42. The molecule has 4 rings (SSSR count). The third-order valence-corrected chi connectivity index (χ3v) is 6.51. The number of rotatable bonds is 8. The number of hydrogen-bond donors (Lipinski definition) is 3. The van der Waals surface area contributed by atoms with E-state index in [2.05, 4.69) is 4.90 Å². The smallest absolute Gasteiger partial charge is 0.255 e. The van der Waals surface area contributed by atoms with Gasteiger partial charge in [0.1, 0.15) is 11.6 Å². The first-order valence-corrected chi connectivity index (χ1v) is 11.1. The fourth-order valence-corrected chi connectivity index (χ4v) is 4.69. The molecule has 2 atom stereocenters. The molecule has 2 aliphatic rings. The van der Waals surface area contributed by atoms with Crippen LogP contribution in [0.25, 0.3) is 10.9 Å². The van der Waals surface area contributed by atoms with Crippen molar-refractivity contribution in [3.63, 3.8) is 0 Å². The number of halogens is 1. The zero-order chi connectivity index (χ0) is 22.3. The van der Waals surface area contributed by atoms with Gasteiger partial charge in [0.05, 0.1) is 23.6 Å². The van der Waals surface area contributed by atoms with E-state index in [0.29, 0.717) is 42.2 Å². The Labute approximate surface area is 181 Å². The lowest BCUT2D eigenvalue weighted by atomic mass is 10.0. The standard InChI is InChI=1S/C23H32FN5O2/c1-13-22-17(10-18(24)23(13)28-8-7-15(12-28)14(2)25)19(31-9-3-4-20(26)27)11-21(30)29(22)16-5-6-16/h10-11,14-16H,3-9,12,25H2,1-2H3,(H3,26,27)/t14-,15+/m0/s1. The number of nitrogens with one attached hydrogen (secondary N) is 1. The maximum absolute atomic E-state index is 15.4. The van der Waals surface area contributed by atoms with Crippen LogP contribution in [0, 0.1) is 24.1 Å². The van der Waals surface area contributed by atoms with E-state index in [1.54, 1.807) is 0 Å². The average molecular weight is 430 g/mol. The molecule has 1 aliphatic heterocycles. The summed E-state index contributed by atoms with van der Waals surface area (Å²) in [6.07, 6.45) is 3.83. The fraction of sp³-hybridized carbons (Fsp3) is 0.565. The molecule has 7 nitrogen and oxygen atoms in total. The van der Waals surface area contributed by atoms with Crippen molar-refractivity contribution in [1.82, 2.24) is 4.57 Å². The van der Waals surface area contributed by atoms with E-state index >= 15 is 4.39 Å². The van der Waals surface area contributed by atoms with Crippen LogP contribution in [-0.4, -0.2) is 36.1 Å². The molecule has 1 saturated carbocycles. The maximum atomic E-state index is 15.4. The largest absolute Gasteiger partial charge is 0.493 e. The van der Waals surface area contributed by atoms with Gasteiger partial charge in [-0.15, -0.1) is 0 Å². The molecule has 5 N–H and O–H groups in total. The first-order valence-electron chi connectivity index (χ1n) is 11.1. The number of aromatic nitrogens is 1. The van der Waals surface area contributed by atoms with Crippen molar-refractivity contribution in [2.45, 2.75) is 58.0 Å². The van der Waals surface area contributed by atoms with Gasteiger partial charge in [-0.1, -0.05) is 0 Å². The first-order chi connectivity index (χ1) is 14.8. The minimum atomic E-state index is -0.301. The average Bonchev–Trinajstić information content (AvgIpc) is 3.41. The van der Waals surface area contributed by atoms with E-state index < -0.39 is 0 Å². The Hall–Kier alpha value is -2.61. The van der Waals surface area contributed by atoms with Gasteiger partial charge in [-0.25, -0.2) is 4.39 Å². The topological polar surface area (TPSA) is 110 Å². The van der Waals surface area contributed by atoms with E-state index in [0.717, 1.165) is 43.4 Å². The minimum Gasteiger partial charge on any atom is -0.493 e. The highest BCUT2D eigenvalue weighted by atomic mass is 19.1. The summed E-state index contributed by atoms with van der Waals surface area (Å²) in [6.45, 7) is 5.68. The van der Waals surface area contributed by atoms with Crippen molar-refractivity contribution in [3.8, 4) is 5.75 Å². The number of pyridine rings is 1. The van der Waals surface area contributed by atoms with E-state index in [9.17, 15) is 4.79 Å². The number of amidine groups is 1. The Morgan fingerprint density at radius 1 is 1.35 bits per heavy atom. The van der Waals surface area contributed by atoms with Crippen LogP contribution in [-0.2, 0) is 0 Å². The molecule has 1 aromatic heterocycles. The third-order valence-electron chi connectivity index (χ3n) is 6.51. The quantitative estimate of drug-likeness (QED) is 0.339. The lowest BCUT2D eigenvalue weighted by molar-refractivity contribution is 0.316. The van der Waals surface area contributed by atoms with Gasteiger partial charge in [0.15, 0.2) is 0 Å². The van der Waals surface area contributed by atoms with Gasteiger partial charge in [0, 0.05) is 43.0 Å². The van der Waals surface area contributed by atoms with E-state index in [-0.39, 0.29) is 29.3 Å². The highest BCUT2D eigenvalue weighted by molar-refractivity contribution is 5.92. The molecule has 168 valence electrons. The second-order valence-electron chi connectivity index (χ2n) is 9.01. The molecule has 8 heteroatoms. The van der Waals surface area contributed by atoms with Crippen molar-refractivity contribution < 1.29 is 9.13 Å². The molecule has 2 fully saturated rings. The molecule has 1 saturated heterocycles. The summed E-state index contributed by atoms with van der Waals surface area (Å²) >= 11 is 0. The van der Waals surface area contributed by atoms with Gasteiger partial charge in [-0.05, 0) is 57.1 Å². The van der Waals surface area contributed by atoms with Crippen molar-refractivity contribution in [2.75, 3.05) is 24.6 Å². The normalized spacial score (nSPS) is 19.7. The number of fused-ring (bicyclic) bond motifs is 1. The number of hydrogen-bond acceptors (Lipinski definition) is 5. The van der Waals surface area contributed by atoms with Gasteiger partial charge in [0.25, 0.3) is 5.56 Å². The van der Waals surface area contributed by atoms with Gasteiger partial charge in [0.2, 0.25) is 0 Å². The van der Waals surface area contributed by atoms with Crippen LogP contribution in [0.2, 0.25) is 0 Å². The lowest BCUT2D eigenvalue weighted by Gasteiger charge is -2.25. The zero-order valence-corrected chi connectivity index (χ0v) is 18.3. The summed E-state index contributed by atoms with van der Waals surface area (Å²) in [7, 11) is 0. The summed E-state index contributed by atoms with van der Waals surface area (Å²) in [5.41, 5.74) is 13.5. The lowest BCUT2D eigenvalue weighted by Crippen LogP contribution is -2.30. The maximum Gasteiger partial charge on any atom is 0.255 e. The minimum absolute atomic E-state index is 0.0634. The second-order valence-corrected chi connectivity index (χ2v) is 9.01. The molecule has 0 amide bonds. The van der Waals surface area contributed by atoms with Crippen LogP contribution in [0.5, 0.6) is 5.75 Å². The van der Waals surface area contributed by atoms with E-state index in [1.807, 2.05) is 18.4 Å². The molecular formula is C23H32FN5O2. The number of nitrogens with zero attached hydrogens (tertiary/aromatic N) is 2. The molecule has 0 radical (unpaired) electrons. The van der Waals surface area contributed by atoms with Crippen LogP contribution in [0.3, 0.4) is 0 Å². The van der Waals surface area contributed by atoms with Crippen molar-refractivity contribution >= 4 is 22.4 Å². The molecule has 0 unspecified atom stereocenters. The number of ether oxygens (including phenoxy) is 1. The van der Waals surface area contributed by atoms with E-state index in [4.69, 9.17) is 21.6 Å². The molecule has 1 aliphatic carbocycles. The Balaban J connectivity index is 1.78. The Morgan fingerprint density at radius 2 is 2.10 bits per heavy atom. The van der Waals surface area contributed by atoms with Gasteiger partial charge < -0.3 is 25.7 Å². The summed E-state index contributed by atoms with van der Waals surface area (Å²) in [5, 5.41) is 7.96. The number of nitrogens with two attached hydrogens (primary N) is 2. The van der Waals surface area contributed by atoms with Crippen LogP contribution in [0.4, 0.5) is 10.1 Å². The van der Waals surface area contributed by atoms with Crippen LogP contribution < -0.4 is 26.7 Å². The molecule has 2 heterocycles. The van der Waals surface area contributed by atoms with Gasteiger partial charge in [-0.2, -0.15) is 0 Å². The second kappa shape index (κ2) is 8.49. The fourth-order valence-electron chi connectivity index (χ4n) is 4.69. The van der Waals surface area contributed by atoms with Gasteiger partial charge >= 0.3 is 0 Å². The Bertz CT molecular complexity index is 1060. The Morgan fingerprint density at radius 3 is 2.71 bits per heavy atom. The third kappa shape index (κ3) is 4.26. The number of benzene rings is 1. The summed E-state index contributed by atoms with van der Waals surface area (Å²) < 4.78 is 23.1. The van der Waals surface area contributed by atoms with Crippen LogP contribution in [0.15, 0.2) is 16.9 Å². The Kier molecular flexibility index (Phi) is 5.92. The molecule has 1 aromatic carbocycles. The predicted octanol–water partition coefficient (Wildman–Crippen LogP) is 3.05. The monoisotopic (exact) mass is 429 g/mol. The molecule has 0 bridgehead atoms. The van der Waals surface area contributed by atoms with Crippen molar-refractivity contribution in [1.29, 1.82) is 5.41 Å². The van der Waals surface area contributed by atoms with Crippen molar-refractivity contribution in [3.05, 3.63) is 33.9 Å². The van der Waals surface area contributed by atoms with Gasteiger partial charge in [-0.3, -0.25) is 10.2 Å². The number of aryl methyl sites for hydroxylation is 1. The molecular weight excluding hydrogens is 397 g/mol. The van der Waals surface area contributed by atoms with Crippen molar-refractivity contribution in [2.24, 2.45) is 17.4 Å². The molecule has 2 aromatic rings. The highest BCUT2D eigenvalue weighted by Gasteiger charge is 2.32. The zero-order valence-electron chi connectivity index (χ0n) is 18.3.